The van der Waals surface area contributed by atoms with E-state index in [1.165, 1.54) is 12.1 Å². The molecule has 5 heterocycles. The number of nitrogens with zero attached hydrogens (tertiary/aromatic N) is 6. The van der Waals surface area contributed by atoms with Crippen LogP contribution in [0.4, 0.5) is 4.39 Å². The van der Waals surface area contributed by atoms with Gasteiger partial charge in [-0.15, -0.1) is 0 Å². The molecule has 0 bridgehead atoms. The lowest BCUT2D eigenvalue weighted by Gasteiger charge is -2.12. The molecule has 41 heavy (non-hydrogen) atoms. The number of H-pyrrole nitrogens is 2. The standard InChI is InChI=1S/C30H30FN9O/c1-4-32-13-18-9-20(15-33-14-18)24-5-6-25-28(35-24)29(39-38-25)30-36-26-17-34-16-23(27(26)37-30)19-10-21(31)12-22(11-19)41-8-7-40(2)3/h5-6,9-12,14-17,32H,4,7-8,13H2,1-3H3,(H,36,37)(H,38,39). The predicted molar refractivity (Wildman–Crippen MR) is 157 cm³/mol. The van der Waals surface area contributed by atoms with Crippen molar-refractivity contribution in [3.05, 3.63) is 72.6 Å². The summed E-state index contributed by atoms with van der Waals surface area (Å²) in [7, 11) is 3.92. The van der Waals surface area contributed by atoms with Gasteiger partial charge in [0.15, 0.2) is 11.5 Å². The Balaban J connectivity index is 1.37. The van der Waals surface area contributed by atoms with Gasteiger partial charge in [0.05, 0.1) is 28.4 Å². The van der Waals surface area contributed by atoms with Gasteiger partial charge in [-0.05, 0) is 62.1 Å². The van der Waals surface area contributed by atoms with Crippen LogP contribution in [0.2, 0.25) is 0 Å². The first kappa shape index (κ1) is 26.5. The number of halogens is 1. The number of aromatic amines is 2. The molecule has 0 amide bonds. The molecule has 0 saturated carbocycles. The van der Waals surface area contributed by atoms with Gasteiger partial charge < -0.3 is 19.9 Å². The fourth-order valence-electron chi connectivity index (χ4n) is 4.62. The topological polar surface area (TPSA) is 121 Å². The number of pyridine rings is 3. The molecule has 6 rings (SSSR count). The third-order valence-electron chi connectivity index (χ3n) is 6.69. The highest BCUT2D eigenvalue weighted by Crippen LogP contribution is 2.33. The van der Waals surface area contributed by atoms with Gasteiger partial charge >= 0.3 is 0 Å². The quantitative estimate of drug-likeness (QED) is 0.222. The van der Waals surface area contributed by atoms with Crippen LogP contribution >= 0.6 is 0 Å². The molecular formula is C30H30FN9O. The van der Waals surface area contributed by atoms with Crippen molar-refractivity contribution in [1.29, 1.82) is 0 Å². The Labute approximate surface area is 236 Å². The predicted octanol–water partition coefficient (Wildman–Crippen LogP) is 4.81. The van der Waals surface area contributed by atoms with Gasteiger partial charge in [0.2, 0.25) is 0 Å². The maximum absolute atomic E-state index is 14.6. The Bertz CT molecular complexity index is 1830. The monoisotopic (exact) mass is 551 g/mol. The average Bonchev–Trinajstić information content (AvgIpc) is 3.59. The number of nitrogens with one attached hydrogen (secondary N) is 3. The second-order valence-corrected chi connectivity index (χ2v) is 10.0. The van der Waals surface area contributed by atoms with Crippen molar-refractivity contribution in [1.82, 2.24) is 45.3 Å². The molecule has 6 aromatic rings. The number of ether oxygens (including phenoxy) is 1. The summed E-state index contributed by atoms with van der Waals surface area (Å²) in [5, 5.41) is 10.9. The van der Waals surface area contributed by atoms with Crippen molar-refractivity contribution in [3.63, 3.8) is 0 Å². The average molecular weight is 552 g/mol. The van der Waals surface area contributed by atoms with E-state index >= 15 is 0 Å². The minimum atomic E-state index is -0.394. The minimum absolute atomic E-state index is 0.394. The second-order valence-electron chi connectivity index (χ2n) is 10.0. The lowest BCUT2D eigenvalue weighted by Crippen LogP contribution is -2.19. The summed E-state index contributed by atoms with van der Waals surface area (Å²) in [4.78, 5) is 23.9. The molecule has 10 nitrogen and oxygen atoms in total. The van der Waals surface area contributed by atoms with Crippen LogP contribution in [0.1, 0.15) is 12.5 Å². The highest BCUT2D eigenvalue weighted by Gasteiger charge is 2.18. The summed E-state index contributed by atoms with van der Waals surface area (Å²) < 4.78 is 20.4. The van der Waals surface area contributed by atoms with Crippen LogP contribution in [0.25, 0.3) is 56.0 Å². The van der Waals surface area contributed by atoms with Crippen molar-refractivity contribution in [2.45, 2.75) is 13.5 Å². The maximum Gasteiger partial charge on any atom is 0.161 e. The Hall–Kier alpha value is -4.74. The normalized spacial score (nSPS) is 11.6. The SMILES string of the molecule is CCNCc1cncc(-c2ccc3[nH]nc(-c4nc5c(-c6cc(F)cc(OCCN(C)C)c6)cncc5[nH]4)c3n2)c1. The second kappa shape index (κ2) is 11.4. The first-order valence-corrected chi connectivity index (χ1v) is 13.4. The van der Waals surface area contributed by atoms with Crippen molar-refractivity contribution < 1.29 is 9.13 Å². The first-order valence-electron chi connectivity index (χ1n) is 13.4. The third kappa shape index (κ3) is 5.63. The van der Waals surface area contributed by atoms with E-state index in [9.17, 15) is 4.39 Å². The number of rotatable bonds is 10. The third-order valence-corrected chi connectivity index (χ3v) is 6.69. The summed E-state index contributed by atoms with van der Waals surface area (Å²) in [5.41, 5.74) is 7.47. The molecule has 0 aliphatic rings. The molecule has 208 valence electrons. The summed E-state index contributed by atoms with van der Waals surface area (Å²) in [6, 6.07) is 10.6. The number of imidazole rings is 1. The fourth-order valence-corrected chi connectivity index (χ4v) is 4.62. The summed E-state index contributed by atoms with van der Waals surface area (Å²) in [6.45, 7) is 4.86. The number of hydrogen-bond acceptors (Lipinski definition) is 8. The van der Waals surface area contributed by atoms with Crippen LogP contribution in [0.3, 0.4) is 0 Å². The summed E-state index contributed by atoms with van der Waals surface area (Å²) in [5.74, 6) is 0.589. The van der Waals surface area contributed by atoms with Gasteiger partial charge in [-0.3, -0.25) is 15.1 Å². The molecule has 5 aromatic heterocycles. The smallest absolute Gasteiger partial charge is 0.161 e. The van der Waals surface area contributed by atoms with Gasteiger partial charge in [-0.1, -0.05) is 6.92 Å². The zero-order valence-corrected chi connectivity index (χ0v) is 23.1. The van der Waals surface area contributed by atoms with Gasteiger partial charge in [0.25, 0.3) is 0 Å². The fraction of sp³-hybridized carbons (Fsp3) is 0.233. The van der Waals surface area contributed by atoms with Crippen LogP contribution in [-0.4, -0.2) is 73.8 Å². The van der Waals surface area contributed by atoms with Crippen LogP contribution < -0.4 is 10.1 Å². The van der Waals surface area contributed by atoms with Crippen molar-refractivity contribution in [2.24, 2.45) is 0 Å². The van der Waals surface area contributed by atoms with E-state index in [1.54, 1.807) is 24.7 Å². The van der Waals surface area contributed by atoms with Crippen LogP contribution in [-0.2, 0) is 6.54 Å². The Morgan fingerprint density at radius 3 is 2.66 bits per heavy atom. The minimum Gasteiger partial charge on any atom is -0.492 e. The highest BCUT2D eigenvalue weighted by atomic mass is 19.1. The molecule has 0 radical (unpaired) electrons. The maximum atomic E-state index is 14.6. The molecule has 0 saturated heterocycles. The lowest BCUT2D eigenvalue weighted by molar-refractivity contribution is 0.260. The molecule has 0 aliphatic carbocycles. The molecule has 11 heteroatoms. The van der Waals surface area contributed by atoms with Crippen LogP contribution in [0.5, 0.6) is 5.75 Å². The summed E-state index contributed by atoms with van der Waals surface area (Å²) in [6.07, 6.45) is 7.03. The molecule has 0 atom stereocenters. The summed E-state index contributed by atoms with van der Waals surface area (Å²) >= 11 is 0. The molecule has 0 unspecified atom stereocenters. The molecule has 1 aromatic carbocycles. The number of aromatic nitrogens is 7. The van der Waals surface area contributed by atoms with Gasteiger partial charge in [-0.25, -0.2) is 14.4 Å². The van der Waals surface area contributed by atoms with E-state index in [0.717, 1.165) is 42.0 Å². The van der Waals surface area contributed by atoms with Crippen molar-refractivity contribution in [2.75, 3.05) is 33.8 Å². The van der Waals surface area contributed by atoms with Gasteiger partial charge in [0, 0.05) is 48.9 Å². The van der Waals surface area contributed by atoms with E-state index in [2.05, 4.69) is 43.5 Å². The van der Waals surface area contributed by atoms with Gasteiger partial charge in [-0.2, -0.15) is 5.10 Å². The molecular weight excluding hydrogens is 521 g/mol. The number of benzene rings is 1. The molecule has 0 spiro atoms. The van der Waals surface area contributed by atoms with Gasteiger partial charge in [0.1, 0.15) is 23.7 Å². The van der Waals surface area contributed by atoms with Crippen LogP contribution in [0.15, 0.2) is 61.2 Å². The van der Waals surface area contributed by atoms with Crippen molar-refractivity contribution >= 4 is 22.1 Å². The van der Waals surface area contributed by atoms with E-state index in [4.69, 9.17) is 14.7 Å². The lowest BCUT2D eigenvalue weighted by atomic mass is 10.1. The van der Waals surface area contributed by atoms with Crippen molar-refractivity contribution in [3.8, 4) is 39.7 Å². The van der Waals surface area contributed by atoms with E-state index in [1.807, 2.05) is 37.3 Å². The highest BCUT2D eigenvalue weighted by molar-refractivity contribution is 5.96. The zero-order chi connectivity index (χ0) is 28.3. The van der Waals surface area contributed by atoms with E-state index in [0.29, 0.717) is 51.6 Å². The molecule has 3 N–H and O–H groups in total. The van der Waals surface area contributed by atoms with E-state index in [-0.39, 0.29) is 0 Å². The largest absolute Gasteiger partial charge is 0.492 e. The van der Waals surface area contributed by atoms with E-state index < -0.39 is 5.82 Å². The zero-order valence-electron chi connectivity index (χ0n) is 23.1. The Kier molecular flexibility index (Phi) is 7.36. The number of likely N-dealkylation sites (N-methyl/N-ethyl adjacent to an activating group) is 1. The molecule has 0 fully saturated rings. The molecule has 0 aliphatic heterocycles. The van der Waals surface area contributed by atoms with Crippen LogP contribution in [0, 0.1) is 5.82 Å². The Morgan fingerprint density at radius 1 is 0.927 bits per heavy atom. The number of fused-ring (bicyclic) bond motifs is 2. The Morgan fingerprint density at radius 2 is 1.80 bits per heavy atom. The first-order chi connectivity index (χ1) is 20.0. The number of hydrogen-bond donors (Lipinski definition) is 3.